The van der Waals surface area contributed by atoms with Gasteiger partial charge in [0.05, 0.1) is 11.7 Å². The van der Waals surface area contributed by atoms with Gasteiger partial charge in [-0.25, -0.2) is 4.79 Å². The highest BCUT2D eigenvalue weighted by Gasteiger charge is 2.32. The number of aryl methyl sites for hydroxylation is 3. The van der Waals surface area contributed by atoms with Crippen molar-refractivity contribution in [2.45, 2.75) is 39.7 Å². The van der Waals surface area contributed by atoms with Gasteiger partial charge in [0.1, 0.15) is 0 Å². The van der Waals surface area contributed by atoms with Gasteiger partial charge >= 0.3 is 6.03 Å². The Morgan fingerprint density at radius 3 is 2.46 bits per heavy atom. The summed E-state index contributed by atoms with van der Waals surface area (Å²) in [6.07, 6.45) is 1.99. The molecule has 0 saturated carbocycles. The van der Waals surface area contributed by atoms with Crippen LogP contribution in [0, 0.1) is 20.8 Å². The van der Waals surface area contributed by atoms with Gasteiger partial charge in [0.15, 0.2) is 0 Å². The molecule has 2 aromatic rings. The molecule has 1 atom stereocenters. The normalized spacial score (nSPS) is 19.3. The molecule has 0 fully saturated rings. The van der Waals surface area contributed by atoms with Crippen LogP contribution in [0.1, 0.15) is 45.8 Å². The summed E-state index contributed by atoms with van der Waals surface area (Å²) in [5.41, 5.74) is 9.82. The Bertz CT molecular complexity index is 856. The summed E-state index contributed by atoms with van der Waals surface area (Å²) in [6.45, 7) is 6.43. The Morgan fingerprint density at radius 2 is 1.71 bits per heavy atom. The zero-order chi connectivity index (χ0) is 16.8. The molecule has 24 heavy (non-hydrogen) atoms. The third kappa shape index (κ3) is 2.32. The zero-order valence-corrected chi connectivity index (χ0v) is 14.4. The number of hydrogen-bond acceptors (Lipinski definition) is 1. The molecular weight excluding hydrogens is 296 g/mol. The van der Waals surface area contributed by atoms with E-state index in [9.17, 15) is 4.79 Å². The van der Waals surface area contributed by atoms with Crippen LogP contribution in [0.2, 0.25) is 0 Å². The highest BCUT2D eigenvalue weighted by atomic mass is 16.2. The van der Waals surface area contributed by atoms with Gasteiger partial charge in [-0.1, -0.05) is 36.4 Å². The second-order valence-corrected chi connectivity index (χ2v) is 6.87. The van der Waals surface area contributed by atoms with Gasteiger partial charge < -0.3 is 10.6 Å². The molecule has 0 bridgehead atoms. The minimum Gasteiger partial charge on any atom is -0.327 e. The molecular formula is C21H22N2O. The van der Waals surface area contributed by atoms with Gasteiger partial charge in [-0.05, 0) is 67.0 Å². The van der Waals surface area contributed by atoms with E-state index in [4.69, 9.17) is 0 Å². The summed E-state index contributed by atoms with van der Waals surface area (Å²) in [7, 11) is 0. The minimum atomic E-state index is -0.119. The fourth-order valence-electron chi connectivity index (χ4n) is 3.87. The third-order valence-electron chi connectivity index (χ3n) is 5.42. The molecule has 1 unspecified atom stereocenters. The first-order chi connectivity index (χ1) is 11.5. The van der Waals surface area contributed by atoms with E-state index in [1.165, 1.54) is 39.0 Å². The maximum Gasteiger partial charge on any atom is 0.319 e. The fourth-order valence-corrected chi connectivity index (χ4v) is 3.87. The average Bonchev–Trinajstić information content (AvgIpc) is 2.58. The number of benzene rings is 2. The van der Waals surface area contributed by atoms with E-state index in [2.05, 4.69) is 61.7 Å². The first-order valence-corrected chi connectivity index (χ1v) is 8.51. The Morgan fingerprint density at radius 1 is 1.00 bits per heavy atom. The zero-order valence-electron chi connectivity index (χ0n) is 14.4. The van der Waals surface area contributed by atoms with Crippen LogP contribution in [0.4, 0.5) is 4.79 Å². The molecule has 1 aliphatic carbocycles. The van der Waals surface area contributed by atoms with Crippen molar-refractivity contribution in [2.24, 2.45) is 0 Å². The van der Waals surface area contributed by atoms with Crippen molar-refractivity contribution >= 4 is 11.7 Å². The van der Waals surface area contributed by atoms with Gasteiger partial charge in [0.2, 0.25) is 0 Å². The van der Waals surface area contributed by atoms with Crippen LogP contribution in [0.3, 0.4) is 0 Å². The van der Waals surface area contributed by atoms with E-state index in [0.717, 1.165) is 18.5 Å². The lowest BCUT2D eigenvalue weighted by atomic mass is 9.82. The lowest BCUT2D eigenvalue weighted by Crippen LogP contribution is -2.44. The summed E-state index contributed by atoms with van der Waals surface area (Å²) >= 11 is 0. The van der Waals surface area contributed by atoms with Crippen molar-refractivity contribution in [3.05, 3.63) is 75.4 Å². The molecule has 4 rings (SSSR count). The summed E-state index contributed by atoms with van der Waals surface area (Å²) in [6, 6.07) is 12.6. The molecule has 2 aliphatic rings. The number of rotatable bonds is 1. The second-order valence-electron chi connectivity index (χ2n) is 6.87. The smallest absolute Gasteiger partial charge is 0.319 e. The van der Waals surface area contributed by atoms with Crippen molar-refractivity contribution in [3.8, 4) is 0 Å². The summed E-state index contributed by atoms with van der Waals surface area (Å²) in [5, 5.41) is 6.17. The SMILES string of the molecule is Cc1cc(C2NC(=O)NC3=C2CCc2ccccc23)cc(C)c1C. The minimum absolute atomic E-state index is 0.0416. The summed E-state index contributed by atoms with van der Waals surface area (Å²) in [5.74, 6) is 0. The third-order valence-corrected chi connectivity index (χ3v) is 5.42. The maximum atomic E-state index is 12.3. The van der Waals surface area contributed by atoms with Crippen molar-refractivity contribution < 1.29 is 4.79 Å². The molecule has 0 spiro atoms. The maximum absolute atomic E-state index is 12.3. The first-order valence-electron chi connectivity index (χ1n) is 8.51. The van der Waals surface area contributed by atoms with Crippen LogP contribution < -0.4 is 10.6 Å². The quantitative estimate of drug-likeness (QED) is 0.807. The summed E-state index contributed by atoms with van der Waals surface area (Å²) in [4.78, 5) is 12.3. The van der Waals surface area contributed by atoms with E-state index in [-0.39, 0.29) is 12.1 Å². The molecule has 0 aromatic heterocycles. The summed E-state index contributed by atoms with van der Waals surface area (Å²) < 4.78 is 0. The number of fused-ring (bicyclic) bond motifs is 2. The molecule has 0 radical (unpaired) electrons. The molecule has 0 saturated heterocycles. The van der Waals surface area contributed by atoms with Gasteiger partial charge in [0.25, 0.3) is 0 Å². The van der Waals surface area contributed by atoms with Crippen molar-refractivity contribution in [3.63, 3.8) is 0 Å². The molecule has 2 aromatic carbocycles. The van der Waals surface area contributed by atoms with Crippen LogP contribution in [-0.4, -0.2) is 6.03 Å². The van der Waals surface area contributed by atoms with Crippen LogP contribution >= 0.6 is 0 Å². The van der Waals surface area contributed by atoms with Gasteiger partial charge in [-0.15, -0.1) is 0 Å². The highest BCUT2D eigenvalue weighted by Crippen LogP contribution is 2.39. The molecule has 3 nitrogen and oxygen atoms in total. The first kappa shape index (κ1) is 15.0. The van der Waals surface area contributed by atoms with Gasteiger partial charge in [-0.2, -0.15) is 0 Å². The van der Waals surface area contributed by atoms with E-state index >= 15 is 0 Å². The van der Waals surface area contributed by atoms with E-state index in [1.54, 1.807) is 0 Å². The Hall–Kier alpha value is -2.55. The van der Waals surface area contributed by atoms with Crippen LogP contribution in [0.15, 0.2) is 42.0 Å². The van der Waals surface area contributed by atoms with Gasteiger partial charge in [-0.3, -0.25) is 0 Å². The number of amides is 2. The van der Waals surface area contributed by atoms with Crippen LogP contribution in [0.5, 0.6) is 0 Å². The van der Waals surface area contributed by atoms with E-state index in [0.29, 0.717) is 0 Å². The number of hydrogen-bond donors (Lipinski definition) is 2. The van der Waals surface area contributed by atoms with E-state index in [1.807, 2.05) is 6.07 Å². The number of nitrogens with one attached hydrogen (secondary N) is 2. The fraction of sp³-hybridized carbons (Fsp3) is 0.286. The second kappa shape index (κ2) is 5.52. The predicted octanol–water partition coefficient (Wildman–Crippen LogP) is 4.32. The Balaban J connectivity index is 1.87. The number of carbonyl (C=O) groups excluding carboxylic acids is 1. The Kier molecular flexibility index (Phi) is 3.45. The Labute approximate surface area is 142 Å². The standard InChI is InChI=1S/C21H22N2O/c1-12-10-16(11-13(2)14(12)3)19-18-9-8-15-6-4-5-7-17(15)20(18)23-21(24)22-19/h4-7,10-11,19H,8-9H2,1-3H3,(H2,22,23,24). The largest absolute Gasteiger partial charge is 0.327 e. The average molecular weight is 318 g/mol. The monoisotopic (exact) mass is 318 g/mol. The highest BCUT2D eigenvalue weighted by molar-refractivity contribution is 5.91. The van der Waals surface area contributed by atoms with Gasteiger partial charge in [0, 0.05) is 5.56 Å². The van der Waals surface area contributed by atoms with E-state index < -0.39 is 0 Å². The topological polar surface area (TPSA) is 41.1 Å². The lowest BCUT2D eigenvalue weighted by Gasteiger charge is -2.34. The number of carbonyl (C=O) groups is 1. The molecule has 1 aliphatic heterocycles. The van der Waals surface area contributed by atoms with Crippen LogP contribution in [-0.2, 0) is 6.42 Å². The molecule has 122 valence electrons. The van der Waals surface area contributed by atoms with Crippen molar-refractivity contribution in [1.29, 1.82) is 0 Å². The lowest BCUT2D eigenvalue weighted by molar-refractivity contribution is 0.240. The van der Waals surface area contributed by atoms with Crippen LogP contribution in [0.25, 0.3) is 5.70 Å². The molecule has 1 heterocycles. The molecule has 2 N–H and O–H groups in total. The van der Waals surface area contributed by atoms with Crippen molar-refractivity contribution in [1.82, 2.24) is 10.6 Å². The molecule has 2 amide bonds. The predicted molar refractivity (Wildman–Crippen MR) is 96.7 cm³/mol. The number of urea groups is 1. The van der Waals surface area contributed by atoms with Crippen molar-refractivity contribution in [2.75, 3.05) is 0 Å². The molecule has 3 heteroatoms.